The molecular weight excluding hydrogens is 316 g/mol. The molecule has 3 amide bonds. The van der Waals surface area contributed by atoms with Crippen molar-refractivity contribution >= 4 is 35.0 Å². The molecule has 0 radical (unpaired) electrons. The van der Waals surface area contributed by atoms with Gasteiger partial charge in [-0.05, 0) is 25.0 Å². The number of carbonyl (C=O) groups excluding carboxylic acids is 3. The van der Waals surface area contributed by atoms with E-state index in [1.165, 1.54) is 6.07 Å². The highest BCUT2D eigenvalue weighted by Gasteiger charge is 2.27. The lowest BCUT2D eigenvalue weighted by atomic mass is 10.2. The van der Waals surface area contributed by atoms with Crippen LogP contribution in [0, 0.1) is 10.1 Å². The molecule has 10 heteroatoms. The van der Waals surface area contributed by atoms with Gasteiger partial charge in [0.25, 0.3) is 11.6 Å². The van der Waals surface area contributed by atoms with E-state index in [1.54, 1.807) is 0 Å². The molecule has 0 atom stereocenters. The molecule has 0 unspecified atom stereocenters. The molecule has 0 saturated heterocycles. The zero-order valence-corrected chi connectivity index (χ0v) is 11.8. The second kappa shape index (κ2) is 6.39. The van der Waals surface area contributed by atoms with Gasteiger partial charge >= 0.3 is 11.8 Å². The van der Waals surface area contributed by atoms with Crippen LogP contribution in [0.3, 0.4) is 0 Å². The summed E-state index contributed by atoms with van der Waals surface area (Å²) in [4.78, 5) is 44.7. The van der Waals surface area contributed by atoms with Crippen LogP contribution in [0.25, 0.3) is 0 Å². The second-order valence-electron chi connectivity index (χ2n) is 4.57. The van der Waals surface area contributed by atoms with Gasteiger partial charge in [0, 0.05) is 17.1 Å². The summed E-state index contributed by atoms with van der Waals surface area (Å²) in [5, 5.41) is 13.4. The molecule has 3 N–H and O–H groups in total. The first-order valence-electron chi connectivity index (χ1n) is 6.23. The SMILES string of the molecule is O=C(NNC(=O)c1cc(Cl)ccc1[N+](=O)[O-])C(=O)NC1CC1. The van der Waals surface area contributed by atoms with Crippen LogP contribution in [0.15, 0.2) is 18.2 Å². The largest absolute Gasteiger partial charge is 0.345 e. The molecule has 2 rings (SSSR count). The number of nitrogens with one attached hydrogen (secondary N) is 3. The number of carbonyl (C=O) groups is 3. The molecule has 116 valence electrons. The van der Waals surface area contributed by atoms with E-state index in [1.807, 2.05) is 10.9 Å². The van der Waals surface area contributed by atoms with Gasteiger partial charge < -0.3 is 5.32 Å². The van der Waals surface area contributed by atoms with Crippen LogP contribution in [-0.4, -0.2) is 28.7 Å². The Balaban J connectivity index is 1.99. The first kappa shape index (κ1) is 15.7. The van der Waals surface area contributed by atoms with Crippen molar-refractivity contribution < 1.29 is 19.3 Å². The molecule has 0 aromatic heterocycles. The van der Waals surface area contributed by atoms with Crippen LogP contribution in [0.4, 0.5) is 5.69 Å². The average molecular weight is 327 g/mol. The Morgan fingerprint density at radius 3 is 2.45 bits per heavy atom. The van der Waals surface area contributed by atoms with Gasteiger partial charge in [-0.15, -0.1) is 0 Å². The molecule has 1 saturated carbocycles. The minimum atomic E-state index is -1.06. The lowest BCUT2D eigenvalue weighted by molar-refractivity contribution is -0.385. The summed E-state index contributed by atoms with van der Waals surface area (Å²) in [5.41, 5.74) is 3.01. The molecule has 9 nitrogen and oxygen atoms in total. The molecule has 1 aliphatic rings. The van der Waals surface area contributed by atoms with Crippen molar-refractivity contribution in [3.63, 3.8) is 0 Å². The van der Waals surface area contributed by atoms with Gasteiger partial charge in [-0.25, -0.2) is 0 Å². The molecule has 1 fully saturated rings. The van der Waals surface area contributed by atoms with Crippen molar-refractivity contribution in [2.24, 2.45) is 0 Å². The van der Waals surface area contributed by atoms with Gasteiger partial charge in [0.2, 0.25) is 0 Å². The van der Waals surface area contributed by atoms with Gasteiger partial charge in [0.15, 0.2) is 0 Å². The van der Waals surface area contributed by atoms with E-state index < -0.39 is 28.3 Å². The van der Waals surface area contributed by atoms with E-state index in [9.17, 15) is 24.5 Å². The van der Waals surface area contributed by atoms with E-state index in [4.69, 9.17) is 11.6 Å². The monoisotopic (exact) mass is 326 g/mol. The van der Waals surface area contributed by atoms with Gasteiger partial charge in [-0.2, -0.15) is 0 Å². The number of hydrogen-bond acceptors (Lipinski definition) is 5. The summed E-state index contributed by atoms with van der Waals surface area (Å²) >= 11 is 5.69. The Kier molecular flexibility index (Phi) is 4.56. The van der Waals surface area contributed by atoms with E-state index in [0.717, 1.165) is 25.0 Å². The van der Waals surface area contributed by atoms with E-state index in [-0.39, 0.29) is 16.6 Å². The molecule has 0 aliphatic heterocycles. The number of rotatable bonds is 3. The Labute approximate surface area is 129 Å². The summed E-state index contributed by atoms with van der Waals surface area (Å²) < 4.78 is 0. The van der Waals surface area contributed by atoms with Crippen molar-refractivity contribution in [3.8, 4) is 0 Å². The van der Waals surface area contributed by atoms with Crippen LogP contribution in [0.5, 0.6) is 0 Å². The Hall–Kier alpha value is -2.68. The summed E-state index contributed by atoms with van der Waals surface area (Å²) in [6, 6.07) is 3.41. The average Bonchev–Trinajstić information content (AvgIpc) is 3.27. The lowest BCUT2D eigenvalue weighted by Gasteiger charge is -2.08. The Bertz CT molecular complexity index is 659. The molecule has 0 spiro atoms. The summed E-state index contributed by atoms with van der Waals surface area (Å²) in [6.07, 6.45) is 1.61. The van der Waals surface area contributed by atoms with Crippen molar-refractivity contribution in [2.45, 2.75) is 18.9 Å². The molecule has 0 heterocycles. The number of amides is 3. The number of nitro benzene ring substituents is 1. The summed E-state index contributed by atoms with van der Waals surface area (Å²) in [7, 11) is 0. The predicted molar refractivity (Wildman–Crippen MR) is 74.9 cm³/mol. The molecule has 1 aromatic rings. The minimum Gasteiger partial charge on any atom is -0.345 e. The first-order chi connectivity index (χ1) is 10.4. The van der Waals surface area contributed by atoms with Crippen LogP contribution in [0.1, 0.15) is 23.2 Å². The van der Waals surface area contributed by atoms with Crippen molar-refractivity contribution in [1.29, 1.82) is 0 Å². The third-order valence-electron chi connectivity index (χ3n) is 2.81. The zero-order valence-electron chi connectivity index (χ0n) is 11.1. The lowest BCUT2D eigenvalue weighted by Crippen LogP contribution is -2.49. The van der Waals surface area contributed by atoms with Crippen LogP contribution >= 0.6 is 11.6 Å². The number of halogens is 1. The number of nitrogens with zero attached hydrogens (tertiary/aromatic N) is 1. The number of hydrazine groups is 1. The third kappa shape index (κ3) is 3.92. The number of nitro groups is 1. The minimum absolute atomic E-state index is 0.0111. The smallest absolute Gasteiger partial charge is 0.327 e. The standard InChI is InChI=1S/C12H11ClN4O5/c13-6-1-4-9(17(21)22)8(5-6)10(18)15-16-12(20)11(19)14-7-2-3-7/h1,4-5,7H,2-3H2,(H,14,19)(H,15,18)(H,16,20). The fraction of sp³-hybridized carbons (Fsp3) is 0.250. The molecule has 1 aliphatic carbocycles. The fourth-order valence-corrected chi connectivity index (χ4v) is 1.74. The maximum absolute atomic E-state index is 11.9. The highest BCUT2D eigenvalue weighted by molar-refractivity contribution is 6.35. The second-order valence-corrected chi connectivity index (χ2v) is 5.01. The Morgan fingerprint density at radius 2 is 1.86 bits per heavy atom. The number of benzene rings is 1. The molecule has 0 bridgehead atoms. The predicted octanol–water partition coefficient (Wildman–Crippen LogP) is 0.288. The highest BCUT2D eigenvalue weighted by Crippen LogP contribution is 2.22. The molecular formula is C12H11ClN4O5. The zero-order chi connectivity index (χ0) is 16.3. The van der Waals surface area contributed by atoms with Crippen molar-refractivity contribution in [2.75, 3.05) is 0 Å². The topological polar surface area (TPSA) is 130 Å². The normalized spacial score (nSPS) is 13.1. The van der Waals surface area contributed by atoms with Gasteiger partial charge in [-0.1, -0.05) is 11.6 Å². The van der Waals surface area contributed by atoms with Crippen LogP contribution in [-0.2, 0) is 9.59 Å². The van der Waals surface area contributed by atoms with E-state index in [0.29, 0.717) is 0 Å². The van der Waals surface area contributed by atoms with Gasteiger partial charge in [0.05, 0.1) is 4.92 Å². The summed E-state index contributed by atoms with van der Waals surface area (Å²) in [6.45, 7) is 0. The van der Waals surface area contributed by atoms with Crippen LogP contribution in [0.2, 0.25) is 5.02 Å². The first-order valence-corrected chi connectivity index (χ1v) is 6.61. The summed E-state index contributed by atoms with van der Waals surface area (Å²) in [5.74, 6) is -2.91. The van der Waals surface area contributed by atoms with Crippen molar-refractivity contribution in [1.82, 2.24) is 16.2 Å². The Morgan fingerprint density at radius 1 is 1.18 bits per heavy atom. The fourth-order valence-electron chi connectivity index (χ4n) is 1.57. The highest BCUT2D eigenvalue weighted by atomic mass is 35.5. The van der Waals surface area contributed by atoms with Crippen molar-refractivity contribution in [3.05, 3.63) is 38.9 Å². The third-order valence-corrected chi connectivity index (χ3v) is 3.04. The maximum Gasteiger partial charge on any atom is 0.327 e. The van der Waals surface area contributed by atoms with Crippen LogP contribution < -0.4 is 16.2 Å². The van der Waals surface area contributed by atoms with E-state index in [2.05, 4.69) is 5.32 Å². The molecule has 1 aromatic carbocycles. The van der Waals surface area contributed by atoms with E-state index >= 15 is 0 Å². The van der Waals surface area contributed by atoms with Gasteiger partial charge in [-0.3, -0.25) is 35.3 Å². The molecule has 22 heavy (non-hydrogen) atoms. The van der Waals surface area contributed by atoms with Gasteiger partial charge in [0.1, 0.15) is 5.56 Å². The number of hydrogen-bond donors (Lipinski definition) is 3. The quantitative estimate of drug-likeness (QED) is 0.417. The maximum atomic E-state index is 11.9.